The molecule has 1 aliphatic rings. The van der Waals surface area contributed by atoms with Crippen molar-refractivity contribution in [1.82, 2.24) is 0 Å². The van der Waals surface area contributed by atoms with E-state index in [1.807, 2.05) is 0 Å². The van der Waals surface area contributed by atoms with E-state index in [1.165, 1.54) is 0 Å². The average Bonchev–Trinajstić information content (AvgIpc) is 2.04. The third kappa shape index (κ3) is 3.46. The van der Waals surface area contributed by atoms with Gasteiger partial charge in [0.1, 0.15) is 6.10 Å². The molecule has 0 aromatic heterocycles. The molecule has 5 nitrogen and oxygen atoms in total. The molecule has 0 N–H and O–H groups in total. The third-order valence-corrected chi connectivity index (χ3v) is 2.60. The van der Waals surface area contributed by atoms with E-state index < -0.39 is 13.3 Å². The van der Waals surface area contributed by atoms with Gasteiger partial charge in [-0.2, -0.15) is 0 Å². The van der Waals surface area contributed by atoms with Crippen molar-refractivity contribution >= 4 is 13.3 Å². The van der Waals surface area contributed by atoms with Crippen LogP contribution < -0.4 is 9.79 Å². The van der Waals surface area contributed by atoms with Crippen molar-refractivity contribution in [1.29, 1.82) is 0 Å². The van der Waals surface area contributed by atoms with Crippen molar-refractivity contribution in [2.75, 3.05) is 0 Å². The monoisotopic (exact) mass is 206 g/mol. The minimum atomic E-state index is -5.18. The molecule has 0 heterocycles. The van der Waals surface area contributed by atoms with E-state index in [-0.39, 0.29) is 6.10 Å². The Morgan fingerprint density at radius 1 is 1.23 bits per heavy atom. The molecule has 0 radical (unpaired) electrons. The predicted molar refractivity (Wildman–Crippen MR) is 41.0 cm³/mol. The lowest BCUT2D eigenvalue weighted by Crippen LogP contribution is -2.27. The van der Waals surface area contributed by atoms with Crippen LogP contribution in [0.1, 0.15) is 32.1 Å². The first-order chi connectivity index (χ1) is 6.00. The molecule has 0 aromatic carbocycles. The second-order valence-electron chi connectivity index (χ2n) is 3.14. The molecule has 1 aliphatic carbocycles. The molecule has 13 heavy (non-hydrogen) atoms. The van der Waals surface area contributed by atoms with E-state index in [0.29, 0.717) is 12.8 Å². The van der Waals surface area contributed by atoms with Gasteiger partial charge in [-0.25, -0.2) is 4.79 Å². The highest BCUT2D eigenvalue weighted by atomic mass is 31.2. The number of ether oxygens (including phenoxy) is 1. The Bertz CT molecular complexity index is 227. The summed E-state index contributed by atoms with van der Waals surface area (Å²) < 4.78 is 14.7. The van der Waals surface area contributed by atoms with Crippen LogP contribution in [0.15, 0.2) is 0 Å². The smallest absolute Gasteiger partial charge is 0.334 e. The predicted octanol–water partition coefficient (Wildman–Crippen LogP) is 0.369. The molecule has 0 atom stereocenters. The summed E-state index contributed by atoms with van der Waals surface area (Å²) in [6.45, 7) is 0. The lowest BCUT2D eigenvalue weighted by Gasteiger charge is -2.30. The van der Waals surface area contributed by atoms with Gasteiger partial charge in [0, 0.05) is 7.60 Å². The highest BCUT2D eigenvalue weighted by Crippen LogP contribution is 2.30. The van der Waals surface area contributed by atoms with Crippen LogP contribution in [0, 0.1) is 0 Å². The van der Waals surface area contributed by atoms with E-state index >= 15 is 0 Å². The summed E-state index contributed by atoms with van der Waals surface area (Å²) in [6.07, 6.45) is 3.84. The van der Waals surface area contributed by atoms with E-state index in [0.717, 1.165) is 19.3 Å². The van der Waals surface area contributed by atoms with Crippen LogP contribution in [0.25, 0.3) is 0 Å². The molecule has 0 bridgehead atoms. The summed E-state index contributed by atoms with van der Waals surface area (Å²) in [5.74, 6) is 0. The van der Waals surface area contributed by atoms with Crippen LogP contribution in [0.2, 0.25) is 0 Å². The van der Waals surface area contributed by atoms with Gasteiger partial charge >= 0.3 is 5.71 Å². The zero-order chi connectivity index (χ0) is 9.90. The van der Waals surface area contributed by atoms with Crippen molar-refractivity contribution in [3.63, 3.8) is 0 Å². The van der Waals surface area contributed by atoms with Crippen molar-refractivity contribution in [3.05, 3.63) is 0 Å². The van der Waals surface area contributed by atoms with Crippen molar-refractivity contribution < 1.29 is 23.9 Å². The first-order valence-electron chi connectivity index (χ1n) is 4.23. The van der Waals surface area contributed by atoms with Gasteiger partial charge < -0.3 is 19.1 Å². The molecule has 0 aromatic rings. The lowest BCUT2D eigenvalue weighted by molar-refractivity contribution is -0.309. The summed E-state index contributed by atoms with van der Waals surface area (Å²) in [7, 11) is -5.18. The molecule has 76 valence electrons. The molecule has 6 heteroatoms. The van der Waals surface area contributed by atoms with Gasteiger partial charge in [-0.3, -0.25) is 0 Å². The van der Waals surface area contributed by atoms with E-state index in [9.17, 15) is 19.1 Å². The third-order valence-electron chi connectivity index (χ3n) is 2.04. The van der Waals surface area contributed by atoms with Crippen LogP contribution in [0.4, 0.5) is 4.79 Å². The van der Waals surface area contributed by atoms with E-state index in [4.69, 9.17) is 0 Å². The van der Waals surface area contributed by atoms with Gasteiger partial charge in [0.05, 0.1) is 0 Å². The van der Waals surface area contributed by atoms with Gasteiger partial charge in [0.25, 0.3) is 0 Å². The summed E-state index contributed by atoms with van der Waals surface area (Å²) in [5.41, 5.74) is -1.61. The van der Waals surface area contributed by atoms with E-state index in [2.05, 4.69) is 4.74 Å². The minimum Gasteiger partial charge on any atom is -0.803 e. The van der Waals surface area contributed by atoms with Crippen LogP contribution in [-0.2, 0) is 9.30 Å². The molecular formula is C7H11O5P-2. The fraction of sp³-hybridized carbons (Fsp3) is 0.857. The fourth-order valence-electron chi connectivity index (χ4n) is 1.39. The molecule has 0 spiro atoms. The zero-order valence-electron chi connectivity index (χ0n) is 7.10. The normalized spacial score (nSPS) is 19.8. The first kappa shape index (κ1) is 10.7. The SMILES string of the molecule is O=C(OC1CCCCC1)P(=O)([O-])[O-]. The molecular weight excluding hydrogens is 195 g/mol. The maximum Gasteiger partial charge on any atom is 0.334 e. The molecule has 0 aliphatic heterocycles. The fourth-order valence-corrected chi connectivity index (χ4v) is 1.67. The Labute approximate surface area is 76.2 Å². The maximum absolute atomic E-state index is 10.6. The summed E-state index contributed by atoms with van der Waals surface area (Å²) in [5, 5.41) is 0. The van der Waals surface area contributed by atoms with Gasteiger partial charge in [-0.15, -0.1) is 0 Å². The Hall–Kier alpha value is -0.380. The molecule has 0 amide bonds. The summed E-state index contributed by atoms with van der Waals surface area (Å²) in [4.78, 5) is 31.0. The molecule has 1 rings (SSSR count). The molecule has 1 saturated carbocycles. The van der Waals surface area contributed by atoms with Crippen molar-refractivity contribution in [2.24, 2.45) is 0 Å². The number of hydrogen-bond acceptors (Lipinski definition) is 5. The standard InChI is InChI=1S/C7H13O5P/c8-7(13(9,10)11)12-6-4-2-1-3-5-6/h6H,1-5H2,(H2,9,10,11)/p-2. The second kappa shape index (κ2) is 4.22. The largest absolute Gasteiger partial charge is 0.803 e. The first-order valence-corrected chi connectivity index (χ1v) is 5.77. The topological polar surface area (TPSA) is 89.5 Å². The Morgan fingerprint density at radius 3 is 2.23 bits per heavy atom. The summed E-state index contributed by atoms with van der Waals surface area (Å²) in [6, 6.07) is 0. The number of hydrogen-bond donors (Lipinski definition) is 0. The quantitative estimate of drug-likeness (QED) is 0.609. The number of carbonyl (C=O) groups is 1. The number of carbonyl (C=O) groups excluding carboxylic acids is 1. The van der Waals surface area contributed by atoms with Gasteiger partial charge in [0.2, 0.25) is 0 Å². The Balaban J connectivity index is 2.39. The van der Waals surface area contributed by atoms with Crippen molar-refractivity contribution in [2.45, 2.75) is 38.2 Å². The van der Waals surface area contributed by atoms with Gasteiger partial charge in [-0.1, -0.05) is 6.42 Å². The van der Waals surface area contributed by atoms with Gasteiger partial charge in [0.15, 0.2) is 0 Å². The maximum atomic E-state index is 10.6. The van der Waals surface area contributed by atoms with Crippen LogP contribution in [0.5, 0.6) is 0 Å². The minimum absolute atomic E-state index is 0.377. The molecule has 0 saturated heterocycles. The lowest BCUT2D eigenvalue weighted by atomic mass is 9.98. The number of rotatable bonds is 2. The van der Waals surface area contributed by atoms with Crippen LogP contribution in [0.3, 0.4) is 0 Å². The average molecular weight is 206 g/mol. The van der Waals surface area contributed by atoms with Gasteiger partial charge in [-0.05, 0) is 25.7 Å². The molecule has 1 fully saturated rings. The van der Waals surface area contributed by atoms with E-state index in [1.54, 1.807) is 0 Å². The Morgan fingerprint density at radius 2 is 1.77 bits per heavy atom. The highest BCUT2D eigenvalue weighted by molar-refractivity contribution is 7.66. The Kier molecular flexibility index (Phi) is 3.47. The highest BCUT2D eigenvalue weighted by Gasteiger charge is 2.19. The zero-order valence-corrected chi connectivity index (χ0v) is 8.00. The van der Waals surface area contributed by atoms with Crippen LogP contribution in [-0.4, -0.2) is 11.8 Å². The second-order valence-corrected chi connectivity index (χ2v) is 4.50. The van der Waals surface area contributed by atoms with Crippen LogP contribution >= 0.6 is 7.60 Å². The molecule has 0 unspecified atom stereocenters. The summed E-state index contributed by atoms with van der Waals surface area (Å²) >= 11 is 0. The van der Waals surface area contributed by atoms with Crippen molar-refractivity contribution in [3.8, 4) is 0 Å².